The summed E-state index contributed by atoms with van der Waals surface area (Å²) in [5.74, 6) is -0.986. The van der Waals surface area contributed by atoms with E-state index >= 15 is 0 Å². The summed E-state index contributed by atoms with van der Waals surface area (Å²) in [6, 6.07) is 18.2. The van der Waals surface area contributed by atoms with Crippen molar-refractivity contribution in [3.8, 4) is 11.3 Å². The van der Waals surface area contributed by atoms with Crippen molar-refractivity contribution in [2.45, 2.75) is 18.0 Å². The molecule has 0 radical (unpaired) electrons. The number of aromatic nitrogens is 4. The van der Waals surface area contributed by atoms with Crippen molar-refractivity contribution in [1.82, 2.24) is 24.2 Å². The van der Waals surface area contributed by atoms with E-state index < -0.39 is 21.7 Å². The number of ketones is 1. The fourth-order valence-electron chi connectivity index (χ4n) is 4.88. The zero-order valence-electron chi connectivity index (χ0n) is 21.5. The van der Waals surface area contributed by atoms with E-state index in [0.717, 1.165) is 15.4 Å². The number of rotatable bonds is 7. The number of benzene rings is 2. The van der Waals surface area contributed by atoms with Crippen LogP contribution in [0.1, 0.15) is 37.5 Å². The average Bonchev–Trinajstić information content (AvgIpc) is 3.64. The number of sulfonamides is 1. The van der Waals surface area contributed by atoms with Crippen LogP contribution in [0.4, 0.5) is 10.2 Å². The van der Waals surface area contributed by atoms with Gasteiger partial charge >= 0.3 is 0 Å². The number of Topliss-reactive ketones (excluding diaryl/α,β-unsaturated/α-hetero) is 1. The molecule has 10 nitrogen and oxygen atoms in total. The highest BCUT2D eigenvalue weighted by Gasteiger charge is 2.36. The zero-order chi connectivity index (χ0) is 28.6. The van der Waals surface area contributed by atoms with Crippen molar-refractivity contribution in [2.75, 3.05) is 11.9 Å². The second-order valence-corrected chi connectivity index (χ2v) is 11.4. The molecule has 41 heavy (non-hydrogen) atoms. The van der Waals surface area contributed by atoms with Crippen LogP contribution in [0.3, 0.4) is 0 Å². The van der Waals surface area contributed by atoms with E-state index in [1.54, 1.807) is 12.1 Å². The summed E-state index contributed by atoms with van der Waals surface area (Å²) in [5, 5.41) is 2.62. The Bertz CT molecular complexity index is 1850. The molecule has 0 saturated carbocycles. The number of pyridine rings is 1. The normalized spacial score (nSPS) is 13.6. The Hall–Kier alpha value is -4.94. The molecule has 0 fully saturated rings. The summed E-state index contributed by atoms with van der Waals surface area (Å²) >= 11 is 0. The lowest BCUT2D eigenvalue weighted by atomic mass is 9.94. The first kappa shape index (κ1) is 26.3. The first-order valence-corrected chi connectivity index (χ1v) is 14.1. The third-order valence-electron chi connectivity index (χ3n) is 6.83. The molecular formula is C29H23FN6O4S. The molecule has 3 N–H and O–H groups in total. The van der Waals surface area contributed by atoms with Gasteiger partial charge in [0.2, 0.25) is 0 Å². The van der Waals surface area contributed by atoms with Gasteiger partial charge in [0.15, 0.2) is 10.8 Å². The van der Waals surface area contributed by atoms with Crippen LogP contribution in [0.2, 0.25) is 0 Å². The minimum Gasteiger partial charge on any atom is -0.356 e. The van der Waals surface area contributed by atoms with Gasteiger partial charge in [-0.2, -0.15) is 4.31 Å². The number of nitrogens with zero attached hydrogens (tertiary/aromatic N) is 3. The van der Waals surface area contributed by atoms with Gasteiger partial charge < -0.3 is 15.3 Å². The average molecular weight is 571 g/mol. The standard InChI is InChI=1S/C29H23FN6O4S/c30-21-8-6-19(7-9-21)29(38)35-25-13-20(10-11-32-25)28-22(12-18-4-2-1-3-5-18)27-23(34-28)15-36(16-24(27)37)41(39,40)26-14-31-17-33-26/h1-11,13-14,17,34H,12,15-16H2,(H,31,33)(H,32,35,38). The number of H-pyrrole nitrogens is 2. The summed E-state index contributed by atoms with van der Waals surface area (Å²) in [7, 11) is -3.98. The van der Waals surface area contributed by atoms with Gasteiger partial charge in [-0.1, -0.05) is 30.3 Å². The zero-order valence-corrected chi connectivity index (χ0v) is 22.3. The molecular weight excluding hydrogens is 547 g/mol. The fourth-order valence-corrected chi connectivity index (χ4v) is 6.14. The molecule has 0 unspecified atom stereocenters. The van der Waals surface area contributed by atoms with E-state index in [1.165, 1.54) is 43.0 Å². The SMILES string of the molecule is O=C(Nc1cc(-c2[nH]c3c(c2Cc2ccccc2)C(=O)CN(S(=O)(=O)c2cnc[nH]2)C3)ccn1)c1ccc(F)cc1. The highest BCUT2D eigenvalue weighted by molar-refractivity contribution is 7.89. The van der Waals surface area contributed by atoms with Crippen LogP contribution in [-0.4, -0.2) is 50.9 Å². The van der Waals surface area contributed by atoms with Gasteiger partial charge in [-0.05, 0) is 47.5 Å². The molecule has 1 amide bonds. The molecule has 2 aromatic carbocycles. The third-order valence-corrected chi connectivity index (χ3v) is 8.54. The van der Waals surface area contributed by atoms with Crippen LogP contribution in [0.15, 0.2) is 90.5 Å². The van der Waals surface area contributed by atoms with Gasteiger partial charge in [-0.15, -0.1) is 0 Å². The Balaban J connectivity index is 1.38. The smallest absolute Gasteiger partial charge is 0.260 e. The predicted octanol–water partition coefficient (Wildman–Crippen LogP) is 4.17. The molecule has 4 heterocycles. The number of hydrogen-bond acceptors (Lipinski definition) is 6. The number of hydrogen-bond donors (Lipinski definition) is 3. The van der Waals surface area contributed by atoms with Crippen molar-refractivity contribution in [3.63, 3.8) is 0 Å². The Morgan fingerprint density at radius 2 is 1.83 bits per heavy atom. The summed E-state index contributed by atoms with van der Waals surface area (Å²) in [4.78, 5) is 40.2. The quantitative estimate of drug-likeness (QED) is 0.268. The Kier molecular flexibility index (Phi) is 6.77. The third kappa shape index (κ3) is 5.17. The molecule has 0 saturated heterocycles. The van der Waals surface area contributed by atoms with Crippen molar-refractivity contribution in [2.24, 2.45) is 0 Å². The van der Waals surface area contributed by atoms with E-state index in [0.29, 0.717) is 28.9 Å². The van der Waals surface area contributed by atoms with E-state index in [1.807, 2.05) is 30.3 Å². The molecule has 1 aliphatic rings. The Labute approximate surface area is 234 Å². The number of anilines is 1. The summed E-state index contributed by atoms with van der Waals surface area (Å²) in [6.45, 7) is -0.355. The fraction of sp³-hybridized carbons (Fsp3) is 0.103. The molecule has 0 aliphatic carbocycles. The molecule has 0 atom stereocenters. The Morgan fingerprint density at radius 3 is 2.56 bits per heavy atom. The van der Waals surface area contributed by atoms with Gasteiger partial charge in [-0.3, -0.25) is 9.59 Å². The number of halogens is 1. The molecule has 3 aromatic heterocycles. The molecule has 0 bridgehead atoms. The van der Waals surface area contributed by atoms with Crippen molar-refractivity contribution < 1.29 is 22.4 Å². The lowest BCUT2D eigenvalue weighted by molar-refractivity contribution is 0.0947. The monoisotopic (exact) mass is 570 g/mol. The molecule has 206 valence electrons. The maximum Gasteiger partial charge on any atom is 0.260 e. The summed E-state index contributed by atoms with van der Waals surface area (Å²) < 4.78 is 40.7. The van der Waals surface area contributed by atoms with Crippen molar-refractivity contribution in [3.05, 3.63) is 119 Å². The van der Waals surface area contributed by atoms with Gasteiger partial charge in [0.05, 0.1) is 31.3 Å². The molecule has 1 aliphatic heterocycles. The van der Waals surface area contributed by atoms with E-state index in [9.17, 15) is 22.4 Å². The van der Waals surface area contributed by atoms with Crippen molar-refractivity contribution in [1.29, 1.82) is 0 Å². The first-order valence-electron chi connectivity index (χ1n) is 12.6. The highest BCUT2D eigenvalue weighted by Crippen LogP contribution is 2.35. The van der Waals surface area contributed by atoms with E-state index in [4.69, 9.17) is 0 Å². The minimum absolute atomic E-state index is 0.0382. The number of fused-ring (bicyclic) bond motifs is 1. The predicted molar refractivity (Wildman–Crippen MR) is 148 cm³/mol. The number of carbonyl (C=O) groups is 2. The van der Waals surface area contributed by atoms with Gasteiger partial charge in [0.1, 0.15) is 11.6 Å². The van der Waals surface area contributed by atoms with Gasteiger partial charge in [0, 0.05) is 35.0 Å². The summed E-state index contributed by atoms with van der Waals surface area (Å²) in [5.41, 5.74) is 4.14. The van der Waals surface area contributed by atoms with E-state index in [-0.39, 0.29) is 35.3 Å². The van der Waals surface area contributed by atoms with Gasteiger partial charge in [0.25, 0.3) is 15.9 Å². The minimum atomic E-state index is -3.98. The van der Waals surface area contributed by atoms with Gasteiger partial charge in [-0.25, -0.2) is 22.8 Å². The lowest BCUT2D eigenvalue weighted by Gasteiger charge is -2.25. The second-order valence-electron chi connectivity index (χ2n) is 9.50. The molecule has 0 spiro atoms. The maximum absolute atomic E-state index is 13.5. The number of aromatic amines is 2. The van der Waals surface area contributed by atoms with Crippen LogP contribution in [0, 0.1) is 5.82 Å². The number of nitrogens with one attached hydrogen (secondary N) is 3. The highest BCUT2D eigenvalue weighted by atomic mass is 32.2. The van der Waals surface area contributed by atoms with Crippen LogP contribution in [0.5, 0.6) is 0 Å². The summed E-state index contributed by atoms with van der Waals surface area (Å²) in [6.07, 6.45) is 4.42. The Morgan fingerprint density at radius 1 is 1.05 bits per heavy atom. The largest absolute Gasteiger partial charge is 0.356 e. The number of carbonyl (C=O) groups excluding carboxylic acids is 2. The van der Waals surface area contributed by atoms with Crippen LogP contribution in [-0.2, 0) is 23.0 Å². The number of amides is 1. The van der Waals surface area contributed by atoms with E-state index in [2.05, 4.69) is 25.3 Å². The molecule has 5 aromatic rings. The topological polar surface area (TPSA) is 141 Å². The maximum atomic E-state index is 13.5. The second kappa shape index (κ2) is 10.6. The molecule has 12 heteroatoms. The van der Waals surface area contributed by atoms with Crippen LogP contribution >= 0.6 is 0 Å². The first-order chi connectivity index (χ1) is 19.8. The van der Waals surface area contributed by atoms with Crippen LogP contribution in [0.25, 0.3) is 11.3 Å². The lowest BCUT2D eigenvalue weighted by Crippen LogP contribution is -2.39. The van der Waals surface area contributed by atoms with Crippen LogP contribution < -0.4 is 5.32 Å². The van der Waals surface area contributed by atoms with Crippen molar-refractivity contribution >= 4 is 27.5 Å². The molecule has 6 rings (SSSR count). The number of imidazole rings is 1.